The van der Waals surface area contributed by atoms with Gasteiger partial charge in [-0.15, -0.1) is 0 Å². The molecule has 0 amide bonds. The van der Waals surface area contributed by atoms with E-state index in [0.717, 1.165) is 18.3 Å². The predicted octanol–water partition coefficient (Wildman–Crippen LogP) is 3.59. The van der Waals surface area contributed by atoms with E-state index in [1.165, 1.54) is 31.2 Å². The average Bonchev–Trinajstić information content (AvgIpc) is 2.45. The summed E-state index contributed by atoms with van der Waals surface area (Å²) in [6, 6.07) is 5.52. The van der Waals surface area contributed by atoms with Crippen LogP contribution in [0.5, 0.6) is 0 Å². The topological polar surface area (TPSA) is 28.2 Å². The number of anilines is 1. The van der Waals surface area contributed by atoms with Gasteiger partial charge in [0.05, 0.1) is 0 Å². The summed E-state index contributed by atoms with van der Waals surface area (Å²) in [7, 11) is 2.20. The zero-order chi connectivity index (χ0) is 14.5. The number of hydrogen-bond donors (Lipinski definition) is 1. The highest BCUT2D eigenvalue weighted by molar-refractivity contribution is 5.40. The lowest BCUT2D eigenvalue weighted by Gasteiger charge is -2.37. The van der Waals surface area contributed by atoms with Crippen molar-refractivity contribution in [3.05, 3.63) is 23.9 Å². The summed E-state index contributed by atoms with van der Waals surface area (Å²) >= 11 is 0. The lowest BCUT2D eigenvalue weighted by atomic mass is 9.85. The number of rotatable bonds is 5. The normalized spacial score (nSPS) is 23.1. The zero-order valence-electron chi connectivity index (χ0n) is 13.4. The fourth-order valence-corrected chi connectivity index (χ4v) is 3.09. The second kappa shape index (κ2) is 7.07. The second-order valence-corrected chi connectivity index (χ2v) is 6.50. The van der Waals surface area contributed by atoms with Gasteiger partial charge in [0.25, 0.3) is 0 Å². The van der Waals surface area contributed by atoms with Gasteiger partial charge in [0, 0.05) is 31.9 Å². The Balaban J connectivity index is 1.97. The first-order valence-corrected chi connectivity index (χ1v) is 7.99. The summed E-state index contributed by atoms with van der Waals surface area (Å²) < 4.78 is 0. The van der Waals surface area contributed by atoms with Crippen LogP contribution in [0.25, 0.3) is 0 Å². The van der Waals surface area contributed by atoms with Gasteiger partial charge in [0.1, 0.15) is 5.82 Å². The number of hydrogen-bond acceptors (Lipinski definition) is 3. The number of nitrogens with one attached hydrogen (secondary N) is 1. The van der Waals surface area contributed by atoms with Crippen molar-refractivity contribution in [2.45, 2.75) is 65.1 Å². The third-order valence-corrected chi connectivity index (χ3v) is 4.45. The fraction of sp³-hybridized carbons (Fsp3) is 0.706. The molecular formula is C17H29N3. The molecule has 0 aliphatic heterocycles. The molecule has 1 aromatic rings. The molecule has 2 atom stereocenters. The van der Waals surface area contributed by atoms with Gasteiger partial charge < -0.3 is 10.2 Å². The molecular weight excluding hydrogens is 246 g/mol. The number of nitrogens with zero attached hydrogens (tertiary/aromatic N) is 2. The van der Waals surface area contributed by atoms with Gasteiger partial charge in [0.2, 0.25) is 0 Å². The van der Waals surface area contributed by atoms with E-state index in [1.54, 1.807) is 0 Å². The van der Waals surface area contributed by atoms with Crippen molar-refractivity contribution in [3.8, 4) is 0 Å². The van der Waals surface area contributed by atoms with Crippen molar-refractivity contribution in [1.29, 1.82) is 0 Å². The minimum Gasteiger partial charge on any atom is -0.356 e. The summed E-state index contributed by atoms with van der Waals surface area (Å²) in [5.41, 5.74) is 1.26. The third kappa shape index (κ3) is 3.95. The smallest absolute Gasteiger partial charge is 0.128 e. The second-order valence-electron chi connectivity index (χ2n) is 6.50. The molecule has 1 aliphatic rings. The molecule has 1 heterocycles. The first kappa shape index (κ1) is 15.3. The van der Waals surface area contributed by atoms with Crippen molar-refractivity contribution in [3.63, 3.8) is 0 Å². The summed E-state index contributed by atoms with van der Waals surface area (Å²) in [6.07, 6.45) is 7.41. The number of aromatic nitrogens is 1. The summed E-state index contributed by atoms with van der Waals surface area (Å²) in [5.74, 6) is 1.88. The van der Waals surface area contributed by atoms with Crippen LogP contribution in [-0.2, 0) is 6.54 Å². The molecule has 20 heavy (non-hydrogen) atoms. The van der Waals surface area contributed by atoms with Gasteiger partial charge in [-0.2, -0.15) is 0 Å². The highest BCUT2D eigenvalue weighted by atomic mass is 15.2. The minimum atomic E-state index is 0.514. The van der Waals surface area contributed by atoms with Crippen molar-refractivity contribution in [2.75, 3.05) is 11.9 Å². The Labute approximate surface area is 123 Å². The molecule has 112 valence electrons. The average molecular weight is 275 g/mol. The van der Waals surface area contributed by atoms with Crippen LogP contribution in [0.2, 0.25) is 0 Å². The largest absolute Gasteiger partial charge is 0.356 e. The quantitative estimate of drug-likeness (QED) is 0.890. The van der Waals surface area contributed by atoms with Crippen LogP contribution in [-0.4, -0.2) is 24.1 Å². The van der Waals surface area contributed by atoms with Gasteiger partial charge in [-0.1, -0.05) is 39.7 Å². The van der Waals surface area contributed by atoms with E-state index >= 15 is 0 Å². The molecule has 0 radical (unpaired) electrons. The van der Waals surface area contributed by atoms with Crippen molar-refractivity contribution >= 4 is 5.82 Å². The summed E-state index contributed by atoms with van der Waals surface area (Å²) in [6.45, 7) is 7.61. The molecule has 1 aliphatic carbocycles. The maximum absolute atomic E-state index is 4.65. The maximum Gasteiger partial charge on any atom is 0.128 e. The minimum absolute atomic E-state index is 0.514. The molecule has 1 N–H and O–H groups in total. The predicted molar refractivity (Wildman–Crippen MR) is 86.0 cm³/mol. The van der Waals surface area contributed by atoms with Gasteiger partial charge in [-0.05, 0) is 30.4 Å². The summed E-state index contributed by atoms with van der Waals surface area (Å²) in [5, 5.41) is 3.43. The Morgan fingerprint density at radius 1 is 1.30 bits per heavy atom. The molecule has 1 aromatic heterocycles. The molecule has 0 spiro atoms. The molecule has 3 nitrogen and oxygen atoms in total. The first-order valence-electron chi connectivity index (χ1n) is 7.99. The lowest BCUT2D eigenvalue weighted by molar-refractivity contribution is 0.320. The molecule has 2 rings (SSSR count). The van der Waals surface area contributed by atoms with E-state index in [4.69, 9.17) is 0 Å². The molecule has 3 heteroatoms. The Morgan fingerprint density at radius 2 is 2.05 bits per heavy atom. The van der Waals surface area contributed by atoms with Crippen LogP contribution in [0.3, 0.4) is 0 Å². The van der Waals surface area contributed by atoms with E-state index in [2.05, 4.69) is 55.2 Å². The van der Waals surface area contributed by atoms with E-state index < -0.39 is 0 Å². The maximum atomic E-state index is 4.65. The highest BCUT2D eigenvalue weighted by Crippen LogP contribution is 2.29. The Bertz CT molecular complexity index is 399. The standard InChI is InChI=1S/C17H29N3/c1-13(2)18-11-15-9-10-17(19-12-15)20(4)16-8-6-5-7-14(16)3/h9-10,12-14,16,18H,5-8,11H2,1-4H3. The summed E-state index contributed by atoms with van der Waals surface area (Å²) in [4.78, 5) is 7.03. The molecule has 0 bridgehead atoms. The van der Waals surface area contributed by atoms with Crippen LogP contribution in [0.1, 0.15) is 52.0 Å². The molecule has 2 unspecified atom stereocenters. The van der Waals surface area contributed by atoms with Crippen LogP contribution < -0.4 is 10.2 Å². The number of pyridine rings is 1. The van der Waals surface area contributed by atoms with Crippen LogP contribution in [0, 0.1) is 5.92 Å². The Hall–Kier alpha value is -1.09. The first-order chi connectivity index (χ1) is 9.58. The van der Waals surface area contributed by atoms with Gasteiger partial charge in [-0.3, -0.25) is 0 Å². The molecule has 0 aromatic carbocycles. The van der Waals surface area contributed by atoms with Crippen molar-refractivity contribution in [2.24, 2.45) is 5.92 Å². The van der Waals surface area contributed by atoms with E-state index in [1.807, 2.05) is 6.20 Å². The van der Waals surface area contributed by atoms with Gasteiger partial charge in [0.15, 0.2) is 0 Å². The molecule has 1 fully saturated rings. The van der Waals surface area contributed by atoms with Crippen LogP contribution >= 0.6 is 0 Å². The van der Waals surface area contributed by atoms with E-state index in [-0.39, 0.29) is 0 Å². The Kier molecular flexibility index (Phi) is 5.41. The van der Waals surface area contributed by atoms with E-state index in [0.29, 0.717) is 12.1 Å². The molecule has 0 saturated heterocycles. The highest BCUT2D eigenvalue weighted by Gasteiger charge is 2.25. The lowest BCUT2D eigenvalue weighted by Crippen LogP contribution is -2.39. The fourth-order valence-electron chi connectivity index (χ4n) is 3.09. The van der Waals surface area contributed by atoms with Gasteiger partial charge >= 0.3 is 0 Å². The monoisotopic (exact) mass is 275 g/mol. The molecule has 1 saturated carbocycles. The SMILES string of the molecule is CC(C)NCc1ccc(N(C)C2CCCCC2C)nc1. The van der Waals surface area contributed by atoms with Crippen molar-refractivity contribution < 1.29 is 0 Å². The zero-order valence-corrected chi connectivity index (χ0v) is 13.4. The van der Waals surface area contributed by atoms with Gasteiger partial charge in [-0.25, -0.2) is 4.98 Å². The third-order valence-electron chi connectivity index (χ3n) is 4.45. The van der Waals surface area contributed by atoms with Crippen LogP contribution in [0.15, 0.2) is 18.3 Å². The van der Waals surface area contributed by atoms with Crippen LogP contribution in [0.4, 0.5) is 5.82 Å². The van der Waals surface area contributed by atoms with E-state index in [9.17, 15) is 0 Å². The van der Waals surface area contributed by atoms with Crippen molar-refractivity contribution in [1.82, 2.24) is 10.3 Å². The Morgan fingerprint density at radius 3 is 2.65 bits per heavy atom.